The number of carbonyl (C=O) groups is 4. The molecule has 2 aliphatic heterocycles. The molecule has 1 saturated heterocycles. The highest BCUT2D eigenvalue weighted by atomic mass is 16.5. The molecule has 1 fully saturated rings. The molecule has 4 amide bonds. The molecule has 10 heteroatoms. The minimum absolute atomic E-state index is 0.0440. The van der Waals surface area contributed by atoms with E-state index in [1.165, 1.54) is 0 Å². The van der Waals surface area contributed by atoms with E-state index in [2.05, 4.69) is 66.8 Å². The van der Waals surface area contributed by atoms with E-state index in [1.54, 1.807) is 18.2 Å². The summed E-state index contributed by atoms with van der Waals surface area (Å²) in [7, 11) is 1.90. The Bertz CT molecular complexity index is 1680. The van der Waals surface area contributed by atoms with Crippen LogP contribution in [0.2, 0.25) is 0 Å². The smallest absolute Gasteiger partial charge is 0.264 e. The number of amides is 4. The molecular weight excluding hydrogens is 594 g/mol. The second-order valence-corrected chi connectivity index (χ2v) is 13.5. The summed E-state index contributed by atoms with van der Waals surface area (Å²) in [5.74, 6) is -1.47. The highest BCUT2D eigenvalue weighted by Crippen LogP contribution is 2.34. The molecule has 3 heterocycles. The lowest BCUT2D eigenvalue weighted by Crippen LogP contribution is -2.54. The molecule has 5 rings (SSSR count). The van der Waals surface area contributed by atoms with Crippen molar-refractivity contribution in [2.45, 2.75) is 71.4 Å². The molecule has 0 radical (unpaired) electrons. The van der Waals surface area contributed by atoms with Crippen molar-refractivity contribution in [1.82, 2.24) is 15.2 Å². The van der Waals surface area contributed by atoms with E-state index in [9.17, 15) is 19.2 Å². The lowest BCUT2D eigenvalue weighted by atomic mass is 9.81. The topological polar surface area (TPSA) is 130 Å². The predicted molar refractivity (Wildman–Crippen MR) is 183 cm³/mol. The molecule has 3 aromatic rings. The largest absolute Gasteiger partial charge is 0.472 e. The number of nitrogens with one attached hydrogen (secondary N) is 3. The van der Waals surface area contributed by atoms with Crippen molar-refractivity contribution in [3.63, 3.8) is 0 Å². The van der Waals surface area contributed by atoms with E-state index >= 15 is 0 Å². The first-order chi connectivity index (χ1) is 22.4. The van der Waals surface area contributed by atoms with Crippen LogP contribution < -0.4 is 20.7 Å². The molecule has 0 spiro atoms. The fourth-order valence-corrected chi connectivity index (χ4v) is 5.80. The van der Waals surface area contributed by atoms with Gasteiger partial charge in [-0.3, -0.25) is 29.4 Å². The van der Waals surface area contributed by atoms with Gasteiger partial charge in [-0.25, -0.2) is 4.98 Å². The second-order valence-electron chi connectivity index (χ2n) is 13.5. The van der Waals surface area contributed by atoms with Crippen molar-refractivity contribution in [2.75, 3.05) is 24.2 Å². The third-order valence-corrected chi connectivity index (χ3v) is 8.80. The summed E-state index contributed by atoms with van der Waals surface area (Å²) in [5.41, 5.74) is 3.78. The van der Waals surface area contributed by atoms with Gasteiger partial charge in [-0.2, -0.15) is 0 Å². The Balaban J connectivity index is 1.12. The first-order valence-corrected chi connectivity index (χ1v) is 16.1. The minimum atomic E-state index is -0.991. The number of benzene rings is 2. The number of nitrogens with zero attached hydrogens (tertiary/aromatic N) is 2. The Morgan fingerprint density at radius 3 is 2.32 bits per heavy atom. The maximum atomic E-state index is 13.4. The maximum Gasteiger partial charge on any atom is 0.264 e. The van der Waals surface area contributed by atoms with Crippen LogP contribution in [0.5, 0.6) is 5.88 Å². The number of piperidine rings is 1. The van der Waals surface area contributed by atoms with Gasteiger partial charge in [-0.15, -0.1) is 0 Å². The van der Waals surface area contributed by atoms with Gasteiger partial charge in [0.25, 0.3) is 11.8 Å². The second kappa shape index (κ2) is 13.8. The molecule has 2 aliphatic rings. The first kappa shape index (κ1) is 33.4. The van der Waals surface area contributed by atoms with Crippen molar-refractivity contribution < 1.29 is 23.9 Å². The zero-order chi connectivity index (χ0) is 33.8. The van der Waals surface area contributed by atoms with E-state index in [0.29, 0.717) is 18.1 Å². The van der Waals surface area contributed by atoms with Crippen molar-refractivity contribution in [2.24, 2.45) is 5.41 Å². The van der Waals surface area contributed by atoms with Gasteiger partial charge in [0, 0.05) is 43.7 Å². The number of fused-ring (bicyclic) bond motifs is 1. The van der Waals surface area contributed by atoms with Crippen LogP contribution in [0, 0.1) is 5.41 Å². The number of imide groups is 2. The summed E-state index contributed by atoms with van der Waals surface area (Å²) >= 11 is 0. The van der Waals surface area contributed by atoms with Gasteiger partial charge >= 0.3 is 0 Å². The van der Waals surface area contributed by atoms with Crippen LogP contribution in [-0.4, -0.2) is 58.7 Å². The van der Waals surface area contributed by atoms with Crippen molar-refractivity contribution in [1.29, 1.82) is 0 Å². The number of aromatic nitrogens is 1. The van der Waals surface area contributed by atoms with Crippen LogP contribution in [0.4, 0.5) is 11.4 Å². The summed E-state index contributed by atoms with van der Waals surface area (Å²) in [6, 6.07) is 16.2. The average molecular weight is 638 g/mol. The Kier molecular flexibility index (Phi) is 9.79. The Hall–Kier alpha value is -4.99. The summed E-state index contributed by atoms with van der Waals surface area (Å²) in [6.45, 7) is 9.11. The number of ether oxygens (including phenoxy) is 1. The van der Waals surface area contributed by atoms with Gasteiger partial charge in [0.2, 0.25) is 17.7 Å². The Morgan fingerprint density at radius 2 is 1.64 bits per heavy atom. The van der Waals surface area contributed by atoms with Gasteiger partial charge in [0.05, 0.1) is 11.1 Å². The molecule has 0 aliphatic carbocycles. The molecule has 1 unspecified atom stereocenters. The third-order valence-electron chi connectivity index (χ3n) is 8.80. The normalized spacial score (nSPS) is 16.8. The average Bonchev–Trinajstić information content (AvgIpc) is 3.29. The number of carbonyl (C=O) groups excluding carboxylic acids is 4. The molecule has 10 nitrogen and oxygen atoms in total. The van der Waals surface area contributed by atoms with Crippen molar-refractivity contribution in [3.8, 4) is 5.88 Å². The summed E-state index contributed by atoms with van der Waals surface area (Å²) < 4.78 is 6.28. The molecule has 0 bridgehead atoms. The fraction of sp³-hybridized carbons (Fsp3) is 0.378. The SMILES string of the molecule is CNc1ccc(/C=C/c2ccc(OC(C)(C)CCC(C)(C)CCNc3cccc4c3C(=O)N(C3CCC(=O)NC3=O)C4=O)nc2)cc1. The number of anilines is 2. The summed E-state index contributed by atoms with van der Waals surface area (Å²) in [6.07, 6.45) is 8.60. The lowest BCUT2D eigenvalue weighted by Gasteiger charge is -2.31. The molecule has 1 aromatic heterocycles. The molecule has 1 atom stereocenters. The quantitative estimate of drug-likeness (QED) is 0.190. The molecule has 246 valence electrons. The number of hydrogen-bond donors (Lipinski definition) is 3. The molecule has 2 aromatic carbocycles. The van der Waals surface area contributed by atoms with Crippen LogP contribution in [0.1, 0.15) is 91.6 Å². The van der Waals surface area contributed by atoms with E-state index in [4.69, 9.17) is 4.74 Å². The third kappa shape index (κ3) is 8.06. The Morgan fingerprint density at radius 1 is 0.915 bits per heavy atom. The zero-order valence-corrected chi connectivity index (χ0v) is 27.7. The minimum Gasteiger partial charge on any atom is -0.472 e. The zero-order valence-electron chi connectivity index (χ0n) is 27.7. The van der Waals surface area contributed by atoms with Gasteiger partial charge in [0.15, 0.2) is 0 Å². The van der Waals surface area contributed by atoms with Gasteiger partial charge in [-0.1, -0.05) is 44.2 Å². The predicted octanol–water partition coefficient (Wildman–Crippen LogP) is 6.16. The summed E-state index contributed by atoms with van der Waals surface area (Å²) in [4.78, 5) is 56.1. The highest BCUT2D eigenvalue weighted by Gasteiger charge is 2.45. The molecule has 3 N–H and O–H groups in total. The van der Waals surface area contributed by atoms with Crippen molar-refractivity contribution >= 4 is 47.2 Å². The van der Waals surface area contributed by atoms with Gasteiger partial charge in [0.1, 0.15) is 11.6 Å². The summed E-state index contributed by atoms with van der Waals surface area (Å²) in [5, 5.41) is 8.71. The van der Waals surface area contributed by atoms with E-state index < -0.39 is 35.3 Å². The molecule has 0 saturated carbocycles. The van der Waals surface area contributed by atoms with Gasteiger partial charge < -0.3 is 15.4 Å². The van der Waals surface area contributed by atoms with Crippen LogP contribution in [0.15, 0.2) is 60.8 Å². The number of pyridine rings is 1. The molecular formula is C37H43N5O5. The first-order valence-electron chi connectivity index (χ1n) is 16.1. The van der Waals surface area contributed by atoms with Crippen LogP contribution in [0.3, 0.4) is 0 Å². The van der Waals surface area contributed by atoms with E-state index in [0.717, 1.165) is 41.0 Å². The molecule has 47 heavy (non-hydrogen) atoms. The Labute approximate surface area is 276 Å². The monoisotopic (exact) mass is 637 g/mol. The maximum absolute atomic E-state index is 13.4. The van der Waals surface area contributed by atoms with Crippen LogP contribution in [0.25, 0.3) is 12.2 Å². The van der Waals surface area contributed by atoms with Crippen LogP contribution >= 0.6 is 0 Å². The fourth-order valence-electron chi connectivity index (χ4n) is 5.80. The number of rotatable bonds is 13. The van der Waals surface area contributed by atoms with Crippen molar-refractivity contribution in [3.05, 3.63) is 83.0 Å². The van der Waals surface area contributed by atoms with E-state index in [1.807, 2.05) is 43.6 Å². The number of hydrogen-bond acceptors (Lipinski definition) is 8. The van der Waals surface area contributed by atoms with E-state index in [-0.39, 0.29) is 29.4 Å². The van der Waals surface area contributed by atoms with Gasteiger partial charge in [-0.05, 0) is 86.4 Å². The van der Waals surface area contributed by atoms with Crippen LogP contribution in [-0.2, 0) is 9.59 Å². The lowest BCUT2D eigenvalue weighted by molar-refractivity contribution is -0.136. The standard InChI is InChI=1S/C37H43N5O5/c1-36(2,19-20-37(3,4)47-31-18-13-25(23-40-31)10-9-24-11-14-26(38-5)15-12-24)21-22-39-28-8-6-7-27-32(28)35(46)42(34(27)45)29-16-17-30(43)41-33(29)44/h6-15,18,23,29,38-39H,16-17,19-22H2,1-5H3,(H,41,43,44)/b10-9+. The highest BCUT2D eigenvalue weighted by molar-refractivity contribution is 6.25.